The Bertz CT molecular complexity index is 548. The summed E-state index contributed by atoms with van der Waals surface area (Å²) in [6, 6.07) is 18.2. The molecule has 3 nitrogen and oxygen atoms in total. The average Bonchev–Trinajstić information content (AvgIpc) is 2.55. The third-order valence-corrected chi connectivity index (χ3v) is 4.21. The van der Waals surface area contributed by atoms with Crippen molar-refractivity contribution in [3.05, 3.63) is 60.2 Å². The largest absolute Gasteiger partial charge is 0.491 e. The fourth-order valence-corrected chi connectivity index (χ4v) is 2.82. The molecule has 0 heterocycles. The Morgan fingerprint density at radius 2 is 1.82 bits per heavy atom. The van der Waals surface area contributed by atoms with E-state index in [4.69, 9.17) is 4.74 Å². The van der Waals surface area contributed by atoms with Gasteiger partial charge in [0, 0.05) is 23.7 Å². The number of benzene rings is 2. The Labute approximate surface area is 136 Å². The number of aryl methyl sites for hydroxylation is 1. The second-order valence-electron chi connectivity index (χ2n) is 5.10. The zero-order chi connectivity index (χ0) is 15.6. The summed E-state index contributed by atoms with van der Waals surface area (Å²) < 4.78 is 5.63. The highest BCUT2D eigenvalue weighted by Gasteiger charge is 2.06. The molecule has 118 valence electrons. The number of hydrogen-bond donors (Lipinski definition) is 2. The van der Waals surface area contributed by atoms with Crippen LogP contribution in [0.4, 0.5) is 0 Å². The summed E-state index contributed by atoms with van der Waals surface area (Å²) in [5.41, 5.74) is 1.09. The Hall–Kier alpha value is -1.49. The zero-order valence-electron chi connectivity index (χ0n) is 12.9. The molecule has 0 fully saturated rings. The number of nitrogens with one attached hydrogen (secondary N) is 1. The van der Waals surface area contributed by atoms with Crippen molar-refractivity contribution in [3.8, 4) is 5.75 Å². The highest BCUT2D eigenvalue weighted by atomic mass is 32.2. The number of hydrogen-bond acceptors (Lipinski definition) is 4. The van der Waals surface area contributed by atoms with Crippen molar-refractivity contribution in [2.75, 3.05) is 25.4 Å². The van der Waals surface area contributed by atoms with Crippen LogP contribution in [0.5, 0.6) is 5.75 Å². The van der Waals surface area contributed by atoms with Crippen LogP contribution >= 0.6 is 11.8 Å². The molecule has 2 aromatic rings. The molecule has 0 aliphatic carbocycles. The van der Waals surface area contributed by atoms with Crippen molar-refractivity contribution in [1.82, 2.24) is 5.32 Å². The van der Waals surface area contributed by atoms with E-state index >= 15 is 0 Å². The number of aliphatic hydroxyl groups is 1. The molecule has 1 atom stereocenters. The zero-order valence-corrected chi connectivity index (χ0v) is 13.7. The molecule has 0 aromatic heterocycles. The van der Waals surface area contributed by atoms with Gasteiger partial charge in [-0.05, 0) is 30.7 Å². The summed E-state index contributed by atoms with van der Waals surface area (Å²) in [6.45, 7) is 3.71. The summed E-state index contributed by atoms with van der Waals surface area (Å²) >= 11 is 1.81. The molecule has 0 aliphatic rings. The first kappa shape index (κ1) is 16.9. The number of rotatable bonds is 9. The van der Waals surface area contributed by atoms with Crippen LogP contribution in [0.25, 0.3) is 0 Å². The molecule has 0 spiro atoms. The maximum atomic E-state index is 9.92. The Balaban J connectivity index is 1.56. The first-order valence-corrected chi connectivity index (χ1v) is 8.49. The van der Waals surface area contributed by atoms with Gasteiger partial charge in [-0.1, -0.05) is 36.4 Å². The molecule has 22 heavy (non-hydrogen) atoms. The molecular weight excluding hydrogens is 294 g/mol. The maximum Gasteiger partial charge on any atom is 0.122 e. The van der Waals surface area contributed by atoms with E-state index in [0.29, 0.717) is 13.2 Å². The van der Waals surface area contributed by atoms with Gasteiger partial charge in [-0.2, -0.15) is 0 Å². The summed E-state index contributed by atoms with van der Waals surface area (Å²) in [5, 5.41) is 13.2. The molecule has 0 amide bonds. The number of para-hydroxylation sites is 1. The van der Waals surface area contributed by atoms with Gasteiger partial charge in [0.2, 0.25) is 0 Å². The summed E-state index contributed by atoms with van der Waals surface area (Å²) in [5.74, 6) is 1.82. The molecule has 0 saturated carbocycles. The van der Waals surface area contributed by atoms with E-state index in [2.05, 4.69) is 17.4 Å². The first-order chi connectivity index (χ1) is 10.8. The van der Waals surface area contributed by atoms with E-state index in [0.717, 1.165) is 23.6 Å². The van der Waals surface area contributed by atoms with Crippen molar-refractivity contribution in [2.45, 2.75) is 17.9 Å². The van der Waals surface area contributed by atoms with Crippen LogP contribution in [-0.4, -0.2) is 36.7 Å². The molecule has 0 saturated heterocycles. The van der Waals surface area contributed by atoms with Gasteiger partial charge in [-0.25, -0.2) is 0 Å². The maximum absolute atomic E-state index is 9.92. The lowest BCUT2D eigenvalue weighted by atomic mass is 10.2. The molecule has 2 aromatic carbocycles. The number of thioether (sulfide) groups is 1. The van der Waals surface area contributed by atoms with E-state index in [1.165, 1.54) is 4.90 Å². The SMILES string of the molecule is Cc1ccccc1OC[C@@H](O)CNCCSc1ccccc1. The number of ether oxygens (including phenoxy) is 1. The summed E-state index contributed by atoms with van der Waals surface area (Å²) in [7, 11) is 0. The topological polar surface area (TPSA) is 41.5 Å². The average molecular weight is 317 g/mol. The van der Waals surface area contributed by atoms with Crippen molar-refractivity contribution in [1.29, 1.82) is 0 Å². The minimum Gasteiger partial charge on any atom is -0.491 e. The molecule has 0 unspecified atom stereocenters. The van der Waals surface area contributed by atoms with Crippen molar-refractivity contribution in [3.63, 3.8) is 0 Å². The summed E-state index contributed by atoms with van der Waals surface area (Å²) in [4.78, 5) is 1.27. The second kappa shape index (κ2) is 9.51. The van der Waals surface area contributed by atoms with Crippen LogP contribution in [-0.2, 0) is 0 Å². The monoisotopic (exact) mass is 317 g/mol. The lowest BCUT2D eigenvalue weighted by Gasteiger charge is -2.14. The molecule has 4 heteroatoms. The van der Waals surface area contributed by atoms with E-state index in [9.17, 15) is 5.11 Å². The minimum absolute atomic E-state index is 0.309. The number of aliphatic hydroxyl groups excluding tert-OH is 1. The minimum atomic E-state index is -0.499. The van der Waals surface area contributed by atoms with E-state index in [1.54, 1.807) is 0 Å². The van der Waals surface area contributed by atoms with Crippen LogP contribution in [0.15, 0.2) is 59.5 Å². The van der Waals surface area contributed by atoms with E-state index in [1.807, 2.05) is 61.2 Å². The van der Waals surface area contributed by atoms with Gasteiger partial charge < -0.3 is 15.2 Å². The molecule has 2 N–H and O–H groups in total. The van der Waals surface area contributed by atoms with Gasteiger partial charge in [0.15, 0.2) is 0 Å². The fraction of sp³-hybridized carbons (Fsp3) is 0.333. The standard InChI is InChI=1S/C18H23NO2S/c1-15-7-5-6-10-18(15)21-14-16(20)13-19-11-12-22-17-8-3-2-4-9-17/h2-10,16,19-20H,11-14H2,1H3/t16-/m0/s1. The Morgan fingerprint density at radius 3 is 2.59 bits per heavy atom. The summed E-state index contributed by atoms with van der Waals surface area (Å²) in [6.07, 6.45) is -0.499. The van der Waals surface area contributed by atoms with Crippen molar-refractivity contribution < 1.29 is 9.84 Å². The molecule has 2 rings (SSSR count). The Morgan fingerprint density at radius 1 is 1.09 bits per heavy atom. The normalized spacial score (nSPS) is 12.1. The predicted molar refractivity (Wildman–Crippen MR) is 92.7 cm³/mol. The van der Waals surface area contributed by atoms with Gasteiger partial charge in [0.05, 0.1) is 0 Å². The van der Waals surface area contributed by atoms with Gasteiger partial charge in [0.1, 0.15) is 18.5 Å². The predicted octanol–water partition coefficient (Wildman–Crippen LogP) is 3.12. The molecule has 0 aliphatic heterocycles. The van der Waals surface area contributed by atoms with Crippen LogP contribution in [0.2, 0.25) is 0 Å². The smallest absolute Gasteiger partial charge is 0.122 e. The van der Waals surface area contributed by atoms with Crippen molar-refractivity contribution in [2.24, 2.45) is 0 Å². The van der Waals surface area contributed by atoms with Crippen LogP contribution in [0.3, 0.4) is 0 Å². The molecule has 0 radical (unpaired) electrons. The first-order valence-electron chi connectivity index (χ1n) is 7.51. The molecule has 0 bridgehead atoms. The molecular formula is C18H23NO2S. The highest BCUT2D eigenvalue weighted by molar-refractivity contribution is 7.99. The lowest BCUT2D eigenvalue weighted by Crippen LogP contribution is -2.32. The van der Waals surface area contributed by atoms with Crippen LogP contribution in [0, 0.1) is 6.92 Å². The van der Waals surface area contributed by atoms with E-state index < -0.39 is 6.10 Å². The van der Waals surface area contributed by atoms with Gasteiger partial charge in [-0.3, -0.25) is 0 Å². The van der Waals surface area contributed by atoms with E-state index in [-0.39, 0.29) is 0 Å². The van der Waals surface area contributed by atoms with Gasteiger partial charge in [0.25, 0.3) is 0 Å². The highest BCUT2D eigenvalue weighted by Crippen LogP contribution is 2.16. The van der Waals surface area contributed by atoms with Crippen LogP contribution < -0.4 is 10.1 Å². The van der Waals surface area contributed by atoms with Crippen LogP contribution in [0.1, 0.15) is 5.56 Å². The second-order valence-corrected chi connectivity index (χ2v) is 6.26. The third-order valence-electron chi connectivity index (χ3n) is 3.20. The van der Waals surface area contributed by atoms with Crippen molar-refractivity contribution >= 4 is 11.8 Å². The van der Waals surface area contributed by atoms with Gasteiger partial charge >= 0.3 is 0 Å². The van der Waals surface area contributed by atoms with Gasteiger partial charge in [-0.15, -0.1) is 11.8 Å². The Kier molecular flexibility index (Phi) is 7.30. The lowest BCUT2D eigenvalue weighted by molar-refractivity contribution is 0.106. The quantitative estimate of drug-likeness (QED) is 0.551. The fourth-order valence-electron chi connectivity index (χ4n) is 1.99. The third kappa shape index (κ3) is 6.10.